The molecule has 1 aromatic heterocycles. The number of thioether (sulfide) groups is 1. The first-order chi connectivity index (χ1) is 14.3. The van der Waals surface area contributed by atoms with Gasteiger partial charge in [0.15, 0.2) is 6.61 Å². The van der Waals surface area contributed by atoms with Crippen LogP contribution in [0.5, 0.6) is 5.75 Å². The highest BCUT2D eigenvalue weighted by Gasteiger charge is 2.28. The predicted octanol–water partition coefficient (Wildman–Crippen LogP) is 4.18. The van der Waals surface area contributed by atoms with Crippen LogP contribution in [0.25, 0.3) is 0 Å². The lowest BCUT2D eigenvalue weighted by molar-refractivity contribution is -0.153. The van der Waals surface area contributed by atoms with Gasteiger partial charge >= 0.3 is 6.18 Å². The van der Waals surface area contributed by atoms with Gasteiger partial charge in [0.25, 0.3) is 0 Å². The summed E-state index contributed by atoms with van der Waals surface area (Å²) in [6.45, 7) is -1.21. The van der Waals surface area contributed by atoms with Crippen LogP contribution in [0.15, 0.2) is 35.4 Å². The summed E-state index contributed by atoms with van der Waals surface area (Å²) in [5, 5.41) is 12.6. The molecule has 1 amide bonds. The minimum atomic E-state index is -4.41. The van der Waals surface area contributed by atoms with Gasteiger partial charge in [-0.1, -0.05) is 23.9 Å². The monoisotopic (exact) mass is 435 g/mol. The van der Waals surface area contributed by atoms with E-state index in [2.05, 4.69) is 16.4 Å². The molecule has 30 heavy (non-hydrogen) atoms. The molecule has 0 saturated carbocycles. The van der Waals surface area contributed by atoms with Crippen molar-refractivity contribution in [3.05, 3.63) is 52.7 Å². The van der Waals surface area contributed by atoms with E-state index in [1.807, 2.05) is 6.07 Å². The minimum Gasteiger partial charge on any atom is -0.484 e. The van der Waals surface area contributed by atoms with Crippen LogP contribution in [0.4, 0.5) is 13.2 Å². The standard InChI is InChI=1S/C21H20F3N3O2S/c22-21(23,24)13-29-17-6-3-4-14(8-17)11-26-19(28)12-30-20-16(10-25)9-15-5-1-2-7-18(15)27-20/h3-4,6,8-9H,1-2,5,7,11-13H2,(H,26,28). The van der Waals surface area contributed by atoms with Crippen LogP contribution in [0.3, 0.4) is 0 Å². The molecule has 0 unspecified atom stereocenters. The smallest absolute Gasteiger partial charge is 0.422 e. The fourth-order valence-electron chi connectivity index (χ4n) is 3.10. The fourth-order valence-corrected chi connectivity index (χ4v) is 3.91. The molecule has 0 radical (unpaired) electrons. The summed E-state index contributed by atoms with van der Waals surface area (Å²) < 4.78 is 41.5. The van der Waals surface area contributed by atoms with Crippen molar-refractivity contribution in [3.63, 3.8) is 0 Å². The lowest BCUT2D eigenvalue weighted by Crippen LogP contribution is -2.24. The van der Waals surface area contributed by atoms with Crippen molar-refractivity contribution in [2.75, 3.05) is 12.4 Å². The van der Waals surface area contributed by atoms with E-state index in [0.717, 1.165) is 36.9 Å². The van der Waals surface area contributed by atoms with Gasteiger partial charge in [0.1, 0.15) is 16.8 Å². The molecule has 9 heteroatoms. The number of nitriles is 1. The third-order valence-electron chi connectivity index (χ3n) is 4.52. The van der Waals surface area contributed by atoms with Gasteiger partial charge in [-0.3, -0.25) is 4.79 Å². The van der Waals surface area contributed by atoms with Crippen LogP contribution in [-0.2, 0) is 24.2 Å². The maximum absolute atomic E-state index is 12.3. The lowest BCUT2D eigenvalue weighted by Gasteiger charge is -2.16. The number of aromatic nitrogens is 1. The number of hydrogen-bond donors (Lipinski definition) is 1. The van der Waals surface area contributed by atoms with Gasteiger partial charge in [-0.05, 0) is 55.0 Å². The van der Waals surface area contributed by atoms with E-state index in [-0.39, 0.29) is 24.0 Å². The Morgan fingerprint density at radius 1 is 1.27 bits per heavy atom. The molecule has 3 rings (SSSR count). The van der Waals surface area contributed by atoms with Gasteiger partial charge in [-0.2, -0.15) is 18.4 Å². The largest absolute Gasteiger partial charge is 0.484 e. The molecule has 0 fully saturated rings. The second-order valence-electron chi connectivity index (χ2n) is 6.88. The van der Waals surface area contributed by atoms with Crippen LogP contribution < -0.4 is 10.1 Å². The number of nitrogens with one attached hydrogen (secondary N) is 1. The molecule has 1 aromatic carbocycles. The number of benzene rings is 1. The van der Waals surface area contributed by atoms with Gasteiger partial charge in [-0.15, -0.1) is 0 Å². The van der Waals surface area contributed by atoms with E-state index >= 15 is 0 Å². The van der Waals surface area contributed by atoms with Crippen molar-refractivity contribution in [3.8, 4) is 11.8 Å². The summed E-state index contributed by atoms with van der Waals surface area (Å²) in [4.78, 5) is 16.8. The Kier molecular flexibility index (Phi) is 7.21. The first kappa shape index (κ1) is 22.0. The molecule has 0 saturated heterocycles. The fraction of sp³-hybridized carbons (Fsp3) is 0.381. The Balaban J connectivity index is 1.53. The summed E-state index contributed by atoms with van der Waals surface area (Å²) in [6.07, 6.45) is -0.435. The minimum absolute atomic E-state index is 0.0880. The second-order valence-corrected chi connectivity index (χ2v) is 7.85. The van der Waals surface area contributed by atoms with Gasteiger partial charge in [-0.25, -0.2) is 4.98 Å². The van der Waals surface area contributed by atoms with Crippen LogP contribution in [0, 0.1) is 11.3 Å². The molecule has 1 N–H and O–H groups in total. The quantitative estimate of drug-likeness (QED) is 0.661. The van der Waals surface area contributed by atoms with Crippen molar-refractivity contribution in [2.45, 2.75) is 43.4 Å². The highest BCUT2D eigenvalue weighted by molar-refractivity contribution is 8.00. The van der Waals surface area contributed by atoms with Crippen LogP contribution >= 0.6 is 11.8 Å². The summed E-state index contributed by atoms with van der Waals surface area (Å²) in [6, 6.07) is 10.2. The number of pyridine rings is 1. The Bertz CT molecular complexity index is 957. The molecule has 1 aliphatic rings. The first-order valence-electron chi connectivity index (χ1n) is 9.45. The van der Waals surface area contributed by atoms with Crippen molar-refractivity contribution >= 4 is 17.7 Å². The molecule has 0 aliphatic heterocycles. The maximum atomic E-state index is 12.3. The Hall–Kier alpha value is -2.73. The van der Waals surface area contributed by atoms with E-state index in [1.54, 1.807) is 12.1 Å². The maximum Gasteiger partial charge on any atom is 0.422 e. The lowest BCUT2D eigenvalue weighted by atomic mass is 9.95. The number of amides is 1. The van der Waals surface area contributed by atoms with Gasteiger partial charge < -0.3 is 10.1 Å². The van der Waals surface area contributed by atoms with Crippen LogP contribution in [-0.4, -0.2) is 29.4 Å². The zero-order valence-corrected chi connectivity index (χ0v) is 16.9. The number of carbonyl (C=O) groups is 1. The predicted molar refractivity (Wildman–Crippen MR) is 106 cm³/mol. The van der Waals surface area contributed by atoms with Crippen molar-refractivity contribution in [2.24, 2.45) is 0 Å². The molecule has 0 atom stereocenters. The zero-order valence-electron chi connectivity index (χ0n) is 16.1. The average molecular weight is 435 g/mol. The normalized spacial score (nSPS) is 13.3. The van der Waals surface area contributed by atoms with Crippen molar-refractivity contribution in [1.29, 1.82) is 5.26 Å². The summed E-state index contributed by atoms with van der Waals surface area (Å²) in [7, 11) is 0. The van der Waals surface area contributed by atoms with Crippen LogP contribution in [0.2, 0.25) is 0 Å². The van der Waals surface area contributed by atoms with E-state index in [4.69, 9.17) is 4.74 Å². The molecule has 2 aromatic rings. The Morgan fingerprint density at radius 3 is 2.83 bits per heavy atom. The molecular weight excluding hydrogens is 415 g/mol. The average Bonchev–Trinajstić information content (AvgIpc) is 2.74. The topological polar surface area (TPSA) is 75.0 Å². The highest BCUT2D eigenvalue weighted by atomic mass is 32.2. The van der Waals surface area contributed by atoms with E-state index in [1.165, 1.54) is 23.9 Å². The Morgan fingerprint density at radius 2 is 2.07 bits per heavy atom. The number of alkyl halides is 3. The van der Waals surface area contributed by atoms with E-state index in [9.17, 15) is 23.2 Å². The molecular formula is C21H20F3N3O2S. The molecule has 0 bridgehead atoms. The molecule has 1 heterocycles. The molecule has 158 valence electrons. The number of rotatable bonds is 7. The first-order valence-corrected chi connectivity index (χ1v) is 10.4. The number of ether oxygens (including phenoxy) is 1. The van der Waals surface area contributed by atoms with E-state index in [0.29, 0.717) is 16.2 Å². The molecule has 0 spiro atoms. The van der Waals surface area contributed by atoms with Gasteiger partial charge in [0, 0.05) is 12.2 Å². The summed E-state index contributed by atoms with van der Waals surface area (Å²) >= 11 is 1.21. The number of halogens is 3. The van der Waals surface area contributed by atoms with Gasteiger partial charge in [0.2, 0.25) is 5.91 Å². The Labute approximate surface area is 176 Å². The van der Waals surface area contributed by atoms with E-state index < -0.39 is 12.8 Å². The number of nitrogens with zero attached hydrogens (tertiary/aromatic N) is 2. The number of fused-ring (bicyclic) bond motifs is 1. The van der Waals surface area contributed by atoms with Crippen LogP contribution in [0.1, 0.15) is 35.2 Å². The molecule has 5 nitrogen and oxygen atoms in total. The number of hydrogen-bond acceptors (Lipinski definition) is 5. The third-order valence-corrected chi connectivity index (χ3v) is 5.51. The zero-order chi connectivity index (χ0) is 21.6. The van der Waals surface area contributed by atoms with Gasteiger partial charge in [0.05, 0.1) is 11.3 Å². The number of carbonyl (C=O) groups excluding carboxylic acids is 1. The third kappa shape index (κ3) is 6.39. The molecule has 1 aliphatic carbocycles. The summed E-state index contributed by atoms with van der Waals surface area (Å²) in [5.74, 6) is -0.0829. The number of aryl methyl sites for hydroxylation is 2. The van der Waals surface area contributed by atoms with Crippen molar-refractivity contribution < 1.29 is 22.7 Å². The SMILES string of the molecule is N#Cc1cc2c(nc1SCC(=O)NCc1cccc(OCC(F)(F)F)c1)CCCC2. The second kappa shape index (κ2) is 9.85. The summed E-state index contributed by atoms with van der Waals surface area (Å²) in [5.41, 5.74) is 3.21. The highest BCUT2D eigenvalue weighted by Crippen LogP contribution is 2.27. The van der Waals surface area contributed by atoms with Crippen molar-refractivity contribution in [1.82, 2.24) is 10.3 Å².